The maximum Gasteiger partial charge on any atom is 0.306 e. The molecule has 0 saturated heterocycles. The zero-order valence-corrected chi connectivity index (χ0v) is 41.6. The molecule has 364 valence electrons. The Balaban J connectivity index is 4.43. The highest BCUT2D eigenvalue weighted by Crippen LogP contribution is 2.19. The van der Waals surface area contributed by atoms with E-state index in [0.717, 1.165) is 38.5 Å². The van der Waals surface area contributed by atoms with E-state index in [1.165, 1.54) is 231 Å². The van der Waals surface area contributed by atoms with Gasteiger partial charge in [-0.2, -0.15) is 0 Å². The molecular weight excluding hydrogens is 755 g/mol. The Labute approximate surface area is 381 Å². The summed E-state index contributed by atoms with van der Waals surface area (Å²) in [6, 6.07) is -0.692. The van der Waals surface area contributed by atoms with Gasteiger partial charge >= 0.3 is 5.97 Å². The lowest BCUT2D eigenvalue weighted by molar-refractivity contribution is -0.151. The molecule has 0 aromatic heterocycles. The zero-order chi connectivity index (χ0) is 44.5. The Kier molecular flexibility index (Phi) is 48.9. The molecule has 0 rings (SSSR count). The molecule has 0 fully saturated rings. The number of amides is 1. The monoisotopic (exact) mass is 864 g/mol. The van der Waals surface area contributed by atoms with Crippen LogP contribution in [0.25, 0.3) is 0 Å². The first-order chi connectivity index (χ1) is 30.0. The molecule has 0 radical (unpaired) electrons. The number of aliphatic hydroxyl groups excluding tert-OH is 2. The van der Waals surface area contributed by atoms with Crippen molar-refractivity contribution >= 4 is 11.9 Å². The first-order valence-electron chi connectivity index (χ1n) is 27.8. The molecule has 0 aromatic carbocycles. The molecule has 61 heavy (non-hydrogen) atoms. The average molecular weight is 864 g/mol. The van der Waals surface area contributed by atoms with Gasteiger partial charge < -0.3 is 20.3 Å². The number of carbonyl (C=O) groups excluding carboxylic acids is 2. The van der Waals surface area contributed by atoms with Crippen molar-refractivity contribution in [2.75, 3.05) is 6.61 Å². The summed E-state index contributed by atoms with van der Waals surface area (Å²) in [5, 5.41) is 23.8. The topological polar surface area (TPSA) is 95.9 Å². The SMILES string of the molecule is CCCCCCCCCCCCCCCCCCCC(O)C(CO)NC(=O)CC(CCCCCCCCCCCCCC)OC(=O)CCCCCCCCCCCCCCC. The summed E-state index contributed by atoms with van der Waals surface area (Å²) in [4.78, 5) is 26.2. The molecule has 0 heterocycles. The number of aliphatic hydroxyl groups is 2. The number of esters is 1. The molecule has 0 aliphatic carbocycles. The third kappa shape index (κ3) is 45.2. The maximum absolute atomic E-state index is 13.2. The zero-order valence-electron chi connectivity index (χ0n) is 41.6. The van der Waals surface area contributed by atoms with Crippen molar-refractivity contribution in [2.45, 2.75) is 334 Å². The summed E-state index contributed by atoms with van der Waals surface area (Å²) >= 11 is 0. The molecule has 1 amide bonds. The van der Waals surface area contributed by atoms with Gasteiger partial charge in [0.15, 0.2) is 0 Å². The van der Waals surface area contributed by atoms with Gasteiger partial charge in [0.1, 0.15) is 6.10 Å². The molecule has 3 atom stereocenters. The van der Waals surface area contributed by atoms with Gasteiger partial charge in [-0.1, -0.05) is 278 Å². The summed E-state index contributed by atoms with van der Waals surface area (Å²) in [6.07, 6.45) is 54.5. The predicted octanol–water partition coefficient (Wildman–Crippen LogP) is 16.7. The van der Waals surface area contributed by atoms with E-state index < -0.39 is 18.2 Å². The van der Waals surface area contributed by atoms with Crippen molar-refractivity contribution in [2.24, 2.45) is 0 Å². The molecule has 0 spiro atoms. The molecule has 0 saturated carbocycles. The molecule has 0 aliphatic rings. The Morgan fingerprint density at radius 1 is 0.410 bits per heavy atom. The molecular formula is C55H109NO5. The molecule has 0 aromatic rings. The summed E-state index contributed by atoms with van der Waals surface area (Å²) in [5.41, 5.74) is 0. The van der Waals surface area contributed by atoms with Crippen LogP contribution in [0.3, 0.4) is 0 Å². The van der Waals surface area contributed by atoms with Gasteiger partial charge in [-0.15, -0.1) is 0 Å². The second kappa shape index (κ2) is 49.9. The smallest absolute Gasteiger partial charge is 0.306 e. The minimum atomic E-state index is -0.779. The van der Waals surface area contributed by atoms with Crippen LogP contribution in [0.4, 0.5) is 0 Å². The summed E-state index contributed by atoms with van der Waals surface area (Å²) in [7, 11) is 0. The lowest BCUT2D eigenvalue weighted by Crippen LogP contribution is -2.46. The molecule has 3 N–H and O–H groups in total. The van der Waals surface area contributed by atoms with Crippen LogP contribution in [0.1, 0.15) is 316 Å². The molecule has 0 aliphatic heterocycles. The summed E-state index contributed by atoms with van der Waals surface area (Å²) in [6.45, 7) is 6.52. The van der Waals surface area contributed by atoms with Crippen molar-refractivity contribution in [3.8, 4) is 0 Å². The van der Waals surface area contributed by atoms with E-state index in [-0.39, 0.29) is 24.9 Å². The van der Waals surface area contributed by atoms with Crippen LogP contribution in [0.2, 0.25) is 0 Å². The Morgan fingerprint density at radius 2 is 0.689 bits per heavy atom. The van der Waals surface area contributed by atoms with Crippen molar-refractivity contribution in [3.05, 3.63) is 0 Å². The van der Waals surface area contributed by atoms with E-state index in [1.54, 1.807) is 0 Å². The predicted molar refractivity (Wildman–Crippen MR) is 264 cm³/mol. The number of unbranched alkanes of at least 4 members (excludes halogenated alkanes) is 39. The third-order valence-corrected chi connectivity index (χ3v) is 13.2. The molecule has 3 unspecified atom stereocenters. The Hall–Kier alpha value is -1.14. The lowest BCUT2D eigenvalue weighted by Gasteiger charge is -2.24. The van der Waals surface area contributed by atoms with E-state index in [9.17, 15) is 19.8 Å². The first-order valence-corrected chi connectivity index (χ1v) is 27.8. The Bertz CT molecular complexity index is 882. The van der Waals surface area contributed by atoms with Crippen LogP contribution in [-0.4, -0.2) is 46.9 Å². The fraction of sp³-hybridized carbons (Fsp3) is 0.964. The van der Waals surface area contributed by atoms with Gasteiger partial charge in [-0.25, -0.2) is 0 Å². The largest absolute Gasteiger partial charge is 0.462 e. The number of hydrogen-bond donors (Lipinski definition) is 3. The molecule has 6 nitrogen and oxygen atoms in total. The summed E-state index contributed by atoms with van der Waals surface area (Å²) < 4.78 is 5.95. The van der Waals surface area contributed by atoms with Gasteiger partial charge in [0.05, 0.1) is 25.2 Å². The van der Waals surface area contributed by atoms with Crippen LogP contribution in [-0.2, 0) is 14.3 Å². The average Bonchev–Trinajstić information content (AvgIpc) is 3.25. The second-order valence-electron chi connectivity index (χ2n) is 19.4. The van der Waals surface area contributed by atoms with Gasteiger partial charge in [0, 0.05) is 6.42 Å². The van der Waals surface area contributed by atoms with Crippen molar-refractivity contribution in [1.82, 2.24) is 5.32 Å². The van der Waals surface area contributed by atoms with E-state index in [2.05, 4.69) is 26.1 Å². The fourth-order valence-electron chi connectivity index (χ4n) is 8.96. The van der Waals surface area contributed by atoms with Crippen LogP contribution in [0, 0.1) is 0 Å². The number of ether oxygens (including phenoxy) is 1. The van der Waals surface area contributed by atoms with Gasteiger partial charge in [-0.3, -0.25) is 9.59 Å². The van der Waals surface area contributed by atoms with Crippen molar-refractivity contribution in [1.29, 1.82) is 0 Å². The highest BCUT2D eigenvalue weighted by molar-refractivity contribution is 5.77. The quantitative estimate of drug-likeness (QED) is 0.0418. The number of nitrogens with one attached hydrogen (secondary N) is 1. The van der Waals surface area contributed by atoms with Crippen molar-refractivity contribution < 1.29 is 24.5 Å². The highest BCUT2D eigenvalue weighted by atomic mass is 16.5. The fourth-order valence-corrected chi connectivity index (χ4v) is 8.96. The van der Waals surface area contributed by atoms with E-state index in [1.807, 2.05) is 0 Å². The van der Waals surface area contributed by atoms with Crippen molar-refractivity contribution in [3.63, 3.8) is 0 Å². The van der Waals surface area contributed by atoms with Crippen LogP contribution in [0.5, 0.6) is 0 Å². The number of carbonyl (C=O) groups is 2. The molecule has 0 bridgehead atoms. The normalized spacial score (nSPS) is 13.1. The van der Waals surface area contributed by atoms with E-state index >= 15 is 0 Å². The van der Waals surface area contributed by atoms with Crippen LogP contribution in [0.15, 0.2) is 0 Å². The third-order valence-electron chi connectivity index (χ3n) is 13.2. The van der Waals surface area contributed by atoms with E-state index in [4.69, 9.17) is 4.74 Å². The molecule has 6 heteroatoms. The maximum atomic E-state index is 13.2. The van der Waals surface area contributed by atoms with Crippen LogP contribution < -0.4 is 5.32 Å². The number of rotatable bonds is 51. The van der Waals surface area contributed by atoms with Gasteiger partial charge in [0.2, 0.25) is 5.91 Å². The standard InChI is InChI=1S/C55H109NO5/c1-4-7-10-13-16-19-22-25-26-27-28-30-32-35-38-41-44-47-53(58)52(50-57)56-54(59)49-51(46-43-40-37-34-31-24-21-18-15-12-9-6-3)61-55(60)48-45-42-39-36-33-29-23-20-17-14-11-8-5-2/h51-53,57-58H,4-50H2,1-3H3,(H,56,59). The second-order valence-corrected chi connectivity index (χ2v) is 19.4. The Morgan fingerprint density at radius 3 is 1.00 bits per heavy atom. The highest BCUT2D eigenvalue weighted by Gasteiger charge is 2.24. The van der Waals surface area contributed by atoms with E-state index in [0.29, 0.717) is 19.3 Å². The minimum Gasteiger partial charge on any atom is -0.462 e. The first kappa shape index (κ1) is 59.9. The van der Waals surface area contributed by atoms with Crippen LogP contribution >= 0.6 is 0 Å². The van der Waals surface area contributed by atoms with Gasteiger partial charge in [0.25, 0.3) is 0 Å². The number of hydrogen-bond acceptors (Lipinski definition) is 5. The van der Waals surface area contributed by atoms with Gasteiger partial charge in [-0.05, 0) is 25.7 Å². The lowest BCUT2D eigenvalue weighted by atomic mass is 10.0. The minimum absolute atomic E-state index is 0.0880. The summed E-state index contributed by atoms with van der Waals surface area (Å²) in [5.74, 6) is -0.449.